The van der Waals surface area contributed by atoms with E-state index in [0.29, 0.717) is 4.90 Å². The molecule has 0 fully saturated rings. The first-order chi connectivity index (χ1) is 9.32. The van der Waals surface area contributed by atoms with Gasteiger partial charge in [0.25, 0.3) is 0 Å². The van der Waals surface area contributed by atoms with E-state index in [-0.39, 0.29) is 0 Å². The zero-order valence-corrected chi connectivity index (χ0v) is 15.8. The van der Waals surface area contributed by atoms with Gasteiger partial charge in [-0.2, -0.15) is 0 Å². The molecule has 2 aromatic carbocycles. The minimum Gasteiger partial charge on any atom is -0.224 e. The van der Waals surface area contributed by atoms with Crippen LogP contribution in [0.5, 0.6) is 0 Å². The van der Waals surface area contributed by atoms with Crippen molar-refractivity contribution in [2.75, 3.05) is 12.5 Å². The predicted molar refractivity (Wildman–Crippen MR) is 93.2 cm³/mol. The van der Waals surface area contributed by atoms with E-state index in [0.717, 1.165) is 8.95 Å². The Hall–Kier alpha value is -0.300. The van der Waals surface area contributed by atoms with Crippen molar-refractivity contribution in [3.8, 4) is 0 Å². The number of hydrogen-bond acceptors (Lipinski definition) is 3. The van der Waals surface area contributed by atoms with Crippen molar-refractivity contribution in [2.24, 2.45) is 0 Å². The molecule has 0 bridgehead atoms. The first-order valence-corrected chi connectivity index (χ1v) is 10.3. The van der Waals surface area contributed by atoms with E-state index < -0.39 is 9.84 Å². The maximum absolute atomic E-state index is 11.0. The molecule has 2 rings (SSSR count). The van der Waals surface area contributed by atoms with E-state index in [2.05, 4.69) is 50.2 Å². The van der Waals surface area contributed by atoms with Gasteiger partial charge >= 0.3 is 0 Å². The minimum atomic E-state index is -3.06. The zero-order valence-electron chi connectivity index (χ0n) is 11.0. The Kier molecular flexibility index (Phi) is 7.29. The smallest absolute Gasteiger partial charge is 0.175 e. The van der Waals surface area contributed by atoms with Gasteiger partial charge in [0, 0.05) is 20.1 Å². The Morgan fingerprint density at radius 1 is 0.950 bits per heavy atom. The number of sulfone groups is 1. The fourth-order valence-electron chi connectivity index (χ4n) is 1.29. The first-order valence-electron chi connectivity index (χ1n) is 5.58. The molecule has 0 saturated carbocycles. The summed E-state index contributed by atoms with van der Waals surface area (Å²) in [7, 11) is -3.06. The highest BCUT2D eigenvalue weighted by Crippen LogP contribution is 2.18. The Morgan fingerprint density at radius 3 is 1.85 bits per heavy atom. The SMILES string of the molecule is CS(=O)(=O)c1cccc(Br)c1.CSc1cccc(Br)c1. The predicted octanol–water partition coefficient (Wildman–Crippen LogP) is 5.02. The molecule has 0 unspecified atom stereocenters. The molecule has 0 heterocycles. The van der Waals surface area contributed by atoms with Gasteiger partial charge in [-0.25, -0.2) is 8.42 Å². The van der Waals surface area contributed by atoms with Gasteiger partial charge in [0.2, 0.25) is 0 Å². The third kappa shape index (κ3) is 6.43. The molecule has 108 valence electrons. The molecule has 0 saturated heterocycles. The largest absolute Gasteiger partial charge is 0.224 e. The van der Waals surface area contributed by atoms with Crippen molar-refractivity contribution in [1.82, 2.24) is 0 Å². The van der Waals surface area contributed by atoms with Gasteiger partial charge in [0.05, 0.1) is 4.90 Å². The molecule has 0 spiro atoms. The van der Waals surface area contributed by atoms with Crippen LogP contribution in [0.3, 0.4) is 0 Å². The Bertz CT molecular complexity index is 670. The molecule has 0 aliphatic heterocycles. The van der Waals surface area contributed by atoms with Crippen LogP contribution in [0.25, 0.3) is 0 Å². The fourth-order valence-corrected chi connectivity index (χ4v) is 3.52. The van der Waals surface area contributed by atoms with Gasteiger partial charge in [-0.15, -0.1) is 11.8 Å². The van der Waals surface area contributed by atoms with E-state index >= 15 is 0 Å². The van der Waals surface area contributed by atoms with Gasteiger partial charge in [0.1, 0.15) is 0 Å². The number of hydrogen-bond donors (Lipinski definition) is 0. The van der Waals surface area contributed by atoms with Crippen LogP contribution >= 0.6 is 43.6 Å². The average Bonchev–Trinajstić information content (AvgIpc) is 2.38. The first kappa shape index (κ1) is 17.8. The van der Waals surface area contributed by atoms with E-state index in [1.165, 1.54) is 11.2 Å². The Morgan fingerprint density at radius 2 is 1.50 bits per heavy atom. The zero-order chi connectivity index (χ0) is 15.2. The van der Waals surface area contributed by atoms with Crippen molar-refractivity contribution >= 4 is 53.5 Å². The summed E-state index contributed by atoms with van der Waals surface area (Å²) >= 11 is 8.33. The van der Waals surface area contributed by atoms with Crippen LogP contribution in [0.15, 0.2) is 67.3 Å². The summed E-state index contributed by atoms with van der Waals surface area (Å²) in [4.78, 5) is 1.64. The summed E-state index contributed by atoms with van der Waals surface area (Å²) in [6, 6.07) is 14.9. The number of rotatable bonds is 2. The minimum absolute atomic E-state index is 0.340. The summed E-state index contributed by atoms with van der Waals surface area (Å²) < 4.78 is 23.9. The highest BCUT2D eigenvalue weighted by Gasteiger charge is 2.05. The molecule has 2 nitrogen and oxygen atoms in total. The lowest BCUT2D eigenvalue weighted by Gasteiger charge is -1.96. The van der Waals surface area contributed by atoms with Crippen molar-refractivity contribution in [3.05, 3.63) is 57.5 Å². The maximum atomic E-state index is 11.0. The molecule has 0 amide bonds. The molecule has 0 aromatic heterocycles. The summed E-state index contributed by atoms with van der Waals surface area (Å²) in [5.41, 5.74) is 0. The Balaban J connectivity index is 0.000000204. The molecule has 0 aliphatic rings. The molecule has 0 radical (unpaired) electrons. The Labute approximate surface area is 141 Å². The normalized spacial score (nSPS) is 10.6. The molecule has 20 heavy (non-hydrogen) atoms. The lowest BCUT2D eigenvalue weighted by molar-refractivity contribution is 0.602. The molecule has 2 aromatic rings. The monoisotopic (exact) mass is 436 g/mol. The average molecular weight is 438 g/mol. The second-order valence-electron chi connectivity index (χ2n) is 3.89. The van der Waals surface area contributed by atoms with E-state index in [1.807, 2.05) is 12.1 Å². The summed E-state index contributed by atoms with van der Waals surface area (Å²) in [5, 5.41) is 0. The van der Waals surface area contributed by atoms with Crippen molar-refractivity contribution in [2.45, 2.75) is 9.79 Å². The van der Waals surface area contributed by atoms with Crippen LogP contribution < -0.4 is 0 Å². The highest BCUT2D eigenvalue weighted by molar-refractivity contribution is 9.10. The number of halogens is 2. The van der Waals surface area contributed by atoms with Crippen LogP contribution in [-0.4, -0.2) is 20.9 Å². The van der Waals surface area contributed by atoms with Gasteiger partial charge < -0.3 is 0 Å². The van der Waals surface area contributed by atoms with Crippen molar-refractivity contribution < 1.29 is 8.42 Å². The van der Waals surface area contributed by atoms with Crippen molar-refractivity contribution in [1.29, 1.82) is 0 Å². The van der Waals surface area contributed by atoms with Gasteiger partial charge in [-0.3, -0.25) is 0 Å². The summed E-state index contributed by atoms with van der Waals surface area (Å²) in [6.07, 6.45) is 3.26. The second kappa shape index (κ2) is 8.22. The van der Waals surface area contributed by atoms with Gasteiger partial charge in [-0.05, 0) is 42.7 Å². The maximum Gasteiger partial charge on any atom is 0.175 e. The van der Waals surface area contributed by atoms with Crippen LogP contribution in [0.4, 0.5) is 0 Å². The van der Waals surface area contributed by atoms with Crippen LogP contribution in [0, 0.1) is 0 Å². The molecule has 6 heteroatoms. The van der Waals surface area contributed by atoms with Crippen LogP contribution in [-0.2, 0) is 9.84 Å². The third-order valence-corrected chi connectivity index (χ3v) is 5.08. The van der Waals surface area contributed by atoms with Crippen LogP contribution in [0.2, 0.25) is 0 Å². The van der Waals surface area contributed by atoms with Gasteiger partial charge in [-0.1, -0.05) is 44.0 Å². The van der Waals surface area contributed by atoms with E-state index in [9.17, 15) is 8.42 Å². The van der Waals surface area contributed by atoms with E-state index in [4.69, 9.17) is 0 Å². The summed E-state index contributed by atoms with van der Waals surface area (Å²) in [5.74, 6) is 0. The van der Waals surface area contributed by atoms with E-state index in [1.54, 1.807) is 36.0 Å². The fraction of sp³-hybridized carbons (Fsp3) is 0.143. The van der Waals surface area contributed by atoms with Crippen LogP contribution in [0.1, 0.15) is 0 Å². The summed E-state index contributed by atoms with van der Waals surface area (Å²) in [6.45, 7) is 0. The number of benzene rings is 2. The van der Waals surface area contributed by atoms with Gasteiger partial charge in [0.15, 0.2) is 9.84 Å². The lowest BCUT2D eigenvalue weighted by Crippen LogP contribution is -1.95. The topological polar surface area (TPSA) is 34.1 Å². The third-order valence-electron chi connectivity index (χ3n) is 2.26. The quantitative estimate of drug-likeness (QED) is 0.618. The molecule has 0 atom stereocenters. The van der Waals surface area contributed by atoms with Crippen molar-refractivity contribution in [3.63, 3.8) is 0 Å². The number of thioether (sulfide) groups is 1. The second-order valence-corrected chi connectivity index (χ2v) is 8.62. The molecular weight excluding hydrogens is 424 g/mol. The highest BCUT2D eigenvalue weighted by atomic mass is 79.9. The molecule has 0 aliphatic carbocycles. The standard InChI is InChI=1S/C7H7BrO2S.C7H7BrS/c1-11(9,10)7-4-2-3-6(8)5-7;1-9-7-4-2-3-6(8)5-7/h2-5H,1H3;2-5H,1H3. The lowest BCUT2D eigenvalue weighted by atomic mass is 10.4. The molecule has 0 N–H and O–H groups in total. The molecular formula is C14H14Br2O2S2.